The number of alkyl halides is 3. The molecule has 1 saturated heterocycles. The van der Waals surface area contributed by atoms with Crippen molar-refractivity contribution < 1.29 is 23.2 Å². The highest BCUT2D eigenvalue weighted by Gasteiger charge is 2.44. The molecule has 2 atom stereocenters. The zero-order chi connectivity index (χ0) is 14.8. The minimum Gasteiger partial charge on any atom is -0.411 e. The molecule has 0 aromatic rings. The largest absolute Gasteiger partial charge is 0.411 e. The maximum atomic E-state index is 12.7. The van der Waals surface area contributed by atoms with Gasteiger partial charge in [-0.3, -0.25) is 4.79 Å². The van der Waals surface area contributed by atoms with Gasteiger partial charge in [-0.1, -0.05) is 11.6 Å². The van der Waals surface area contributed by atoms with Crippen LogP contribution >= 0.6 is 0 Å². The molecule has 1 aliphatic heterocycles. The van der Waals surface area contributed by atoms with E-state index in [1.807, 2.05) is 0 Å². The van der Waals surface area contributed by atoms with Crippen molar-refractivity contribution in [1.29, 1.82) is 0 Å². The second-order valence-electron chi connectivity index (χ2n) is 5.59. The Labute approximate surface area is 115 Å². The number of nitrogens with zero attached hydrogens (tertiary/aromatic N) is 2. The van der Waals surface area contributed by atoms with Gasteiger partial charge in [-0.05, 0) is 19.3 Å². The van der Waals surface area contributed by atoms with Gasteiger partial charge in [0.2, 0.25) is 5.91 Å². The summed E-state index contributed by atoms with van der Waals surface area (Å²) >= 11 is 0. The monoisotopic (exact) mass is 292 g/mol. The Morgan fingerprint density at radius 3 is 2.45 bits per heavy atom. The smallest absolute Gasteiger partial charge is 0.391 e. The van der Waals surface area contributed by atoms with Crippen LogP contribution in [-0.4, -0.2) is 41.0 Å². The van der Waals surface area contributed by atoms with E-state index in [1.165, 1.54) is 0 Å². The topological polar surface area (TPSA) is 52.9 Å². The Morgan fingerprint density at radius 1 is 1.25 bits per heavy atom. The fourth-order valence-corrected chi connectivity index (χ4v) is 3.05. The summed E-state index contributed by atoms with van der Waals surface area (Å²) in [6, 6.07) is 0. The molecule has 0 radical (unpaired) electrons. The van der Waals surface area contributed by atoms with E-state index < -0.39 is 18.0 Å². The molecule has 1 amide bonds. The van der Waals surface area contributed by atoms with Crippen LogP contribution in [0.25, 0.3) is 0 Å². The van der Waals surface area contributed by atoms with Crippen LogP contribution in [0.2, 0.25) is 0 Å². The van der Waals surface area contributed by atoms with E-state index in [2.05, 4.69) is 5.16 Å². The predicted octanol–water partition coefficient (Wildman–Crippen LogP) is 2.81. The van der Waals surface area contributed by atoms with Crippen molar-refractivity contribution in [1.82, 2.24) is 4.90 Å². The Morgan fingerprint density at radius 2 is 1.90 bits per heavy atom. The molecule has 2 unspecified atom stereocenters. The van der Waals surface area contributed by atoms with E-state index in [0.29, 0.717) is 44.5 Å². The average Bonchev–Trinajstić information content (AvgIpc) is 2.46. The second-order valence-corrected chi connectivity index (χ2v) is 5.59. The van der Waals surface area contributed by atoms with Crippen LogP contribution in [0.5, 0.6) is 0 Å². The first-order valence-electron chi connectivity index (χ1n) is 6.97. The van der Waals surface area contributed by atoms with Crippen LogP contribution < -0.4 is 0 Å². The first-order valence-corrected chi connectivity index (χ1v) is 6.97. The summed E-state index contributed by atoms with van der Waals surface area (Å²) in [7, 11) is 0. The Hall–Kier alpha value is -1.27. The number of hydrogen-bond donors (Lipinski definition) is 1. The Balaban J connectivity index is 1.92. The molecule has 2 rings (SSSR count). The van der Waals surface area contributed by atoms with Crippen molar-refractivity contribution in [3.8, 4) is 0 Å². The molecule has 0 aromatic heterocycles. The number of hydrogen-bond acceptors (Lipinski definition) is 3. The Kier molecular flexibility index (Phi) is 4.55. The van der Waals surface area contributed by atoms with Crippen LogP contribution in [0, 0.1) is 11.8 Å². The number of carbonyl (C=O) groups excluding carboxylic acids is 1. The average molecular weight is 292 g/mol. The number of piperidine rings is 1. The summed E-state index contributed by atoms with van der Waals surface area (Å²) in [4.78, 5) is 13.9. The lowest BCUT2D eigenvalue weighted by molar-refractivity contribution is -0.187. The summed E-state index contributed by atoms with van der Waals surface area (Å²) in [5, 5.41) is 11.8. The SMILES string of the molecule is O=C(C1CCCC(C(F)(F)F)C1)N1CCC(=NO)CC1. The normalized spacial score (nSPS) is 28.4. The molecule has 114 valence electrons. The van der Waals surface area contributed by atoms with Crippen molar-refractivity contribution in [3.05, 3.63) is 0 Å². The van der Waals surface area contributed by atoms with E-state index in [-0.39, 0.29) is 18.7 Å². The predicted molar refractivity (Wildman–Crippen MR) is 66.5 cm³/mol. The molecule has 7 heteroatoms. The second kappa shape index (κ2) is 6.01. The summed E-state index contributed by atoms with van der Waals surface area (Å²) in [5.41, 5.74) is 0.644. The molecule has 2 fully saturated rings. The number of oxime groups is 1. The van der Waals surface area contributed by atoms with Gasteiger partial charge in [-0.2, -0.15) is 13.2 Å². The highest BCUT2D eigenvalue weighted by atomic mass is 19.4. The first-order chi connectivity index (χ1) is 9.41. The van der Waals surface area contributed by atoms with Gasteiger partial charge in [0.05, 0.1) is 11.6 Å². The maximum absolute atomic E-state index is 12.7. The standard InChI is InChI=1S/C13H19F3N2O2/c14-13(15,16)10-3-1-2-9(8-10)12(19)18-6-4-11(17-20)5-7-18/h9-10,20H,1-8H2. The van der Waals surface area contributed by atoms with Gasteiger partial charge in [0, 0.05) is 31.8 Å². The number of amides is 1. The van der Waals surface area contributed by atoms with Gasteiger partial charge < -0.3 is 10.1 Å². The molecule has 20 heavy (non-hydrogen) atoms. The zero-order valence-corrected chi connectivity index (χ0v) is 11.2. The molecule has 0 bridgehead atoms. The molecule has 0 aromatic carbocycles. The lowest BCUT2D eigenvalue weighted by atomic mass is 9.80. The summed E-state index contributed by atoms with van der Waals surface area (Å²) < 4.78 is 38.2. The van der Waals surface area contributed by atoms with Gasteiger partial charge in [0.15, 0.2) is 0 Å². The van der Waals surface area contributed by atoms with Gasteiger partial charge in [-0.15, -0.1) is 0 Å². The van der Waals surface area contributed by atoms with Crippen LogP contribution in [0.3, 0.4) is 0 Å². The number of rotatable bonds is 1. The number of likely N-dealkylation sites (tertiary alicyclic amines) is 1. The van der Waals surface area contributed by atoms with Crippen LogP contribution in [0.1, 0.15) is 38.5 Å². The molecular weight excluding hydrogens is 273 g/mol. The first kappa shape index (κ1) is 15.1. The third-order valence-corrected chi connectivity index (χ3v) is 4.28. The van der Waals surface area contributed by atoms with Gasteiger partial charge in [-0.25, -0.2) is 0 Å². The number of carbonyl (C=O) groups is 1. The minimum atomic E-state index is -4.20. The summed E-state index contributed by atoms with van der Waals surface area (Å²) in [6.07, 6.45) is -2.15. The third-order valence-electron chi connectivity index (χ3n) is 4.28. The van der Waals surface area contributed by atoms with Crippen molar-refractivity contribution >= 4 is 11.6 Å². The molecule has 1 aliphatic carbocycles. The van der Waals surface area contributed by atoms with Gasteiger partial charge >= 0.3 is 6.18 Å². The van der Waals surface area contributed by atoms with Crippen molar-refractivity contribution in [2.45, 2.75) is 44.7 Å². The van der Waals surface area contributed by atoms with Crippen molar-refractivity contribution in [2.75, 3.05) is 13.1 Å². The van der Waals surface area contributed by atoms with Crippen LogP contribution in [0.15, 0.2) is 5.16 Å². The van der Waals surface area contributed by atoms with Crippen LogP contribution in [0.4, 0.5) is 13.2 Å². The van der Waals surface area contributed by atoms with Gasteiger partial charge in [0.25, 0.3) is 0 Å². The molecule has 0 spiro atoms. The highest BCUT2D eigenvalue weighted by molar-refractivity contribution is 5.87. The van der Waals surface area contributed by atoms with E-state index in [1.54, 1.807) is 4.90 Å². The number of halogens is 3. The van der Waals surface area contributed by atoms with Crippen LogP contribution in [-0.2, 0) is 4.79 Å². The molecule has 1 heterocycles. The van der Waals surface area contributed by atoms with E-state index in [9.17, 15) is 18.0 Å². The zero-order valence-electron chi connectivity index (χ0n) is 11.2. The van der Waals surface area contributed by atoms with Crippen molar-refractivity contribution in [3.63, 3.8) is 0 Å². The molecular formula is C13H19F3N2O2. The molecule has 4 nitrogen and oxygen atoms in total. The summed E-state index contributed by atoms with van der Waals surface area (Å²) in [5.74, 6) is -2.02. The fraction of sp³-hybridized carbons (Fsp3) is 0.846. The summed E-state index contributed by atoms with van der Waals surface area (Å²) in [6.45, 7) is 0.872. The lowest BCUT2D eigenvalue weighted by Crippen LogP contribution is -2.44. The maximum Gasteiger partial charge on any atom is 0.391 e. The quantitative estimate of drug-likeness (QED) is 0.597. The highest BCUT2D eigenvalue weighted by Crippen LogP contribution is 2.40. The third kappa shape index (κ3) is 3.43. The molecule has 1 saturated carbocycles. The van der Waals surface area contributed by atoms with E-state index >= 15 is 0 Å². The Bertz CT molecular complexity index is 386. The molecule has 1 N–H and O–H groups in total. The minimum absolute atomic E-state index is 0.0836. The van der Waals surface area contributed by atoms with E-state index in [0.717, 1.165) is 0 Å². The van der Waals surface area contributed by atoms with Gasteiger partial charge in [0.1, 0.15) is 0 Å². The lowest BCUT2D eigenvalue weighted by Gasteiger charge is -2.35. The van der Waals surface area contributed by atoms with E-state index in [4.69, 9.17) is 5.21 Å². The molecule has 2 aliphatic rings. The fourth-order valence-electron chi connectivity index (χ4n) is 3.05. The van der Waals surface area contributed by atoms with Crippen molar-refractivity contribution in [2.24, 2.45) is 17.0 Å².